The molecular weight excluding hydrogens is 386 g/mol. The molecule has 4 rings (SSSR count). The van der Waals surface area contributed by atoms with E-state index in [0.29, 0.717) is 22.8 Å². The zero-order chi connectivity index (χ0) is 20.4. The molecule has 7 heteroatoms. The molecular formula is C22H20ClN5O. The highest BCUT2D eigenvalue weighted by Crippen LogP contribution is 2.23. The summed E-state index contributed by atoms with van der Waals surface area (Å²) in [5, 5.41) is 15.2. The molecule has 2 aromatic heterocycles. The Morgan fingerprint density at radius 3 is 2.55 bits per heavy atom. The first-order chi connectivity index (χ1) is 14.0. The Morgan fingerprint density at radius 2 is 1.83 bits per heavy atom. The number of aromatic nitrogens is 4. The largest absolute Gasteiger partial charge is 0.348 e. The molecule has 0 saturated heterocycles. The summed E-state index contributed by atoms with van der Waals surface area (Å²) >= 11 is 5.96. The molecule has 146 valence electrons. The van der Waals surface area contributed by atoms with Gasteiger partial charge in [0.2, 0.25) is 0 Å². The lowest BCUT2D eigenvalue weighted by Gasteiger charge is -2.08. The van der Waals surface area contributed by atoms with Gasteiger partial charge in [-0.3, -0.25) is 9.89 Å². The maximum absolute atomic E-state index is 12.8. The fourth-order valence-corrected chi connectivity index (χ4v) is 3.44. The SMILES string of the molecule is Cc1nn(-c2ccccc2)c(C)c1CNC(=O)c1cn[nH]c1-c1ccc(Cl)cc1. The number of halogens is 1. The summed E-state index contributed by atoms with van der Waals surface area (Å²) in [6.45, 7) is 4.34. The molecule has 0 bridgehead atoms. The van der Waals surface area contributed by atoms with Crippen molar-refractivity contribution in [1.29, 1.82) is 0 Å². The maximum atomic E-state index is 12.8. The molecule has 1 amide bonds. The van der Waals surface area contributed by atoms with Crippen LogP contribution in [0.3, 0.4) is 0 Å². The number of amides is 1. The van der Waals surface area contributed by atoms with Crippen LogP contribution in [0.25, 0.3) is 16.9 Å². The number of carbonyl (C=O) groups excluding carboxylic acids is 1. The molecule has 0 unspecified atom stereocenters. The molecule has 0 aliphatic heterocycles. The van der Waals surface area contributed by atoms with Crippen LogP contribution in [0.2, 0.25) is 5.02 Å². The third-order valence-corrected chi connectivity index (χ3v) is 5.14. The Kier molecular flexibility index (Phi) is 5.18. The number of nitrogens with one attached hydrogen (secondary N) is 2. The van der Waals surface area contributed by atoms with Crippen molar-refractivity contribution in [2.75, 3.05) is 0 Å². The second kappa shape index (κ2) is 7.93. The minimum Gasteiger partial charge on any atom is -0.348 e. The van der Waals surface area contributed by atoms with E-state index in [2.05, 4.69) is 20.6 Å². The Labute approximate surface area is 173 Å². The summed E-state index contributed by atoms with van der Waals surface area (Å²) in [6.07, 6.45) is 1.53. The van der Waals surface area contributed by atoms with Gasteiger partial charge >= 0.3 is 0 Å². The molecule has 2 heterocycles. The maximum Gasteiger partial charge on any atom is 0.255 e. The molecule has 0 saturated carbocycles. The number of hydrogen-bond acceptors (Lipinski definition) is 3. The fraction of sp³-hybridized carbons (Fsp3) is 0.136. The van der Waals surface area contributed by atoms with Crippen molar-refractivity contribution in [3.63, 3.8) is 0 Å². The first-order valence-corrected chi connectivity index (χ1v) is 9.60. The zero-order valence-electron chi connectivity index (χ0n) is 16.1. The van der Waals surface area contributed by atoms with E-state index in [-0.39, 0.29) is 5.91 Å². The van der Waals surface area contributed by atoms with Gasteiger partial charge in [-0.1, -0.05) is 41.9 Å². The van der Waals surface area contributed by atoms with Gasteiger partial charge in [0.15, 0.2) is 0 Å². The molecule has 0 aliphatic carbocycles. The van der Waals surface area contributed by atoms with E-state index < -0.39 is 0 Å². The van der Waals surface area contributed by atoms with Crippen LogP contribution in [-0.4, -0.2) is 25.9 Å². The van der Waals surface area contributed by atoms with Crippen LogP contribution in [0.1, 0.15) is 27.3 Å². The van der Waals surface area contributed by atoms with Gasteiger partial charge in [-0.05, 0) is 38.1 Å². The monoisotopic (exact) mass is 405 g/mol. The number of aryl methyl sites for hydroxylation is 1. The van der Waals surface area contributed by atoms with E-state index in [4.69, 9.17) is 11.6 Å². The van der Waals surface area contributed by atoms with E-state index in [9.17, 15) is 4.79 Å². The van der Waals surface area contributed by atoms with Crippen LogP contribution < -0.4 is 5.32 Å². The highest BCUT2D eigenvalue weighted by atomic mass is 35.5. The minimum atomic E-state index is -0.199. The van der Waals surface area contributed by atoms with Gasteiger partial charge in [0.05, 0.1) is 28.8 Å². The van der Waals surface area contributed by atoms with Crippen molar-refractivity contribution in [3.05, 3.63) is 88.3 Å². The molecule has 0 atom stereocenters. The average Bonchev–Trinajstić information content (AvgIpc) is 3.33. The average molecular weight is 406 g/mol. The number of nitrogens with zero attached hydrogens (tertiary/aromatic N) is 3. The number of para-hydroxylation sites is 1. The second-order valence-electron chi connectivity index (χ2n) is 6.74. The van der Waals surface area contributed by atoms with Crippen LogP contribution >= 0.6 is 11.6 Å². The summed E-state index contributed by atoms with van der Waals surface area (Å²) in [5.41, 5.74) is 5.87. The predicted molar refractivity (Wildman–Crippen MR) is 113 cm³/mol. The van der Waals surface area contributed by atoms with E-state index in [1.807, 2.05) is 61.0 Å². The quantitative estimate of drug-likeness (QED) is 0.514. The lowest BCUT2D eigenvalue weighted by atomic mass is 10.1. The van der Waals surface area contributed by atoms with Gasteiger partial charge in [-0.2, -0.15) is 10.2 Å². The van der Waals surface area contributed by atoms with E-state index in [1.54, 1.807) is 12.1 Å². The Hall–Kier alpha value is -3.38. The van der Waals surface area contributed by atoms with E-state index in [0.717, 1.165) is 28.2 Å². The van der Waals surface area contributed by atoms with Crippen LogP contribution in [0.5, 0.6) is 0 Å². The Bertz CT molecular complexity index is 1150. The third-order valence-electron chi connectivity index (χ3n) is 4.88. The normalized spacial score (nSPS) is 10.9. The molecule has 0 aliphatic rings. The molecule has 2 N–H and O–H groups in total. The zero-order valence-corrected chi connectivity index (χ0v) is 16.9. The molecule has 0 fully saturated rings. The van der Waals surface area contributed by atoms with Gasteiger partial charge in [-0.25, -0.2) is 4.68 Å². The van der Waals surface area contributed by atoms with Gasteiger partial charge in [0.25, 0.3) is 5.91 Å². The minimum absolute atomic E-state index is 0.199. The first-order valence-electron chi connectivity index (χ1n) is 9.22. The van der Waals surface area contributed by atoms with Gasteiger partial charge in [0, 0.05) is 28.4 Å². The van der Waals surface area contributed by atoms with Crippen LogP contribution in [0.4, 0.5) is 0 Å². The van der Waals surface area contributed by atoms with Crippen molar-refractivity contribution < 1.29 is 4.79 Å². The number of benzene rings is 2. The van der Waals surface area contributed by atoms with E-state index >= 15 is 0 Å². The third kappa shape index (κ3) is 3.79. The molecule has 29 heavy (non-hydrogen) atoms. The van der Waals surface area contributed by atoms with Crippen LogP contribution in [-0.2, 0) is 6.54 Å². The molecule has 6 nitrogen and oxygen atoms in total. The summed E-state index contributed by atoms with van der Waals surface area (Å²) in [5.74, 6) is -0.199. The van der Waals surface area contributed by atoms with Crippen LogP contribution in [0.15, 0.2) is 60.8 Å². The Balaban J connectivity index is 1.54. The van der Waals surface area contributed by atoms with Gasteiger partial charge < -0.3 is 5.32 Å². The predicted octanol–water partition coefficient (Wildman–Crippen LogP) is 4.46. The fourth-order valence-electron chi connectivity index (χ4n) is 3.31. The highest BCUT2D eigenvalue weighted by molar-refractivity contribution is 6.30. The molecule has 0 spiro atoms. The number of rotatable bonds is 5. The molecule has 4 aromatic rings. The smallest absolute Gasteiger partial charge is 0.255 e. The number of hydrogen-bond donors (Lipinski definition) is 2. The first kappa shape index (κ1) is 19.0. The Morgan fingerprint density at radius 1 is 1.10 bits per heavy atom. The molecule has 0 radical (unpaired) electrons. The van der Waals surface area contributed by atoms with Crippen molar-refractivity contribution >= 4 is 17.5 Å². The second-order valence-corrected chi connectivity index (χ2v) is 7.18. The number of aromatic amines is 1. The van der Waals surface area contributed by atoms with Crippen molar-refractivity contribution in [2.45, 2.75) is 20.4 Å². The lowest BCUT2D eigenvalue weighted by Crippen LogP contribution is -2.23. The van der Waals surface area contributed by atoms with Crippen LogP contribution in [0, 0.1) is 13.8 Å². The summed E-state index contributed by atoms with van der Waals surface area (Å²) in [4.78, 5) is 12.8. The van der Waals surface area contributed by atoms with E-state index in [1.165, 1.54) is 6.20 Å². The van der Waals surface area contributed by atoms with Gasteiger partial charge in [-0.15, -0.1) is 0 Å². The van der Waals surface area contributed by atoms with Crippen molar-refractivity contribution in [3.8, 4) is 16.9 Å². The lowest BCUT2D eigenvalue weighted by molar-refractivity contribution is 0.0951. The van der Waals surface area contributed by atoms with Gasteiger partial charge in [0.1, 0.15) is 0 Å². The topological polar surface area (TPSA) is 75.6 Å². The highest BCUT2D eigenvalue weighted by Gasteiger charge is 2.18. The number of carbonyl (C=O) groups is 1. The number of H-pyrrole nitrogens is 1. The standard InChI is InChI=1S/C22H20ClN5O/c1-14-19(15(2)28(27-14)18-6-4-3-5-7-18)12-24-22(29)20-13-25-26-21(20)16-8-10-17(23)11-9-16/h3-11,13H,12H2,1-2H3,(H,24,29)(H,25,26). The van der Waals surface area contributed by atoms with Crippen molar-refractivity contribution in [1.82, 2.24) is 25.3 Å². The molecule has 2 aromatic carbocycles. The summed E-state index contributed by atoms with van der Waals surface area (Å²) < 4.78 is 1.90. The summed E-state index contributed by atoms with van der Waals surface area (Å²) in [6, 6.07) is 17.2. The summed E-state index contributed by atoms with van der Waals surface area (Å²) in [7, 11) is 0. The van der Waals surface area contributed by atoms with Crippen molar-refractivity contribution in [2.24, 2.45) is 0 Å².